The van der Waals surface area contributed by atoms with Gasteiger partial charge >= 0.3 is 0 Å². The Morgan fingerprint density at radius 3 is 2.47 bits per heavy atom. The number of likely N-dealkylation sites (tertiary alicyclic amines) is 1. The number of anilines is 2. The molecular formula is C29H38N4O3. The average Bonchev–Trinajstić information content (AvgIpc) is 3.17. The van der Waals surface area contributed by atoms with Crippen molar-refractivity contribution in [3.05, 3.63) is 54.1 Å². The maximum Gasteiger partial charge on any atom is 0.246 e. The number of likely N-dealkylation sites (N-methyl/N-ethyl adjacent to an activating group) is 1. The first-order valence-corrected chi connectivity index (χ1v) is 13.4. The lowest BCUT2D eigenvalue weighted by atomic mass is 9.94. The molecule has 0 N–H and O–H groups in total. The van der Waals surface area contributed by atoms with E-state index in [9.17, 15) is 9.59 Å². The van der Waals surface area contributed by atoms with Gasteiger partial charge < -0.3 is 24.3 Å². The topological polar surface area (TPSA) is 56.3 Å². The minimum Gasteiger partial charge on any atom is -0.494 e. The molecule has 2 aromatic carbocycles. The number of piperazine rings is 1. The van der Waals surface area contributed by atoms with Crippen LogP contribution in [-0.2, 0) is 9.59 Å². The number of carbonyl (C=O) groups is 2. The normalized spacial score (nSPS) is 22.6. The average molecular weight is 491 g/mol. The van der Waals surface area contributed by atoms with Crippen molar-refractivity contribution < 1.29 is 14.3 Å². The molecule has 0 spiro atoms. The van der Waals surface area contributed by atoms with Gasteiger partial charge in [-0.2, -0.15) is 0 Å². The van der Waals surface area contributed by atoms with Gasteiger partial charge in [-0.15, -0.1) is 0 Å². The minimum atomic E-state index is -0.239. The van der Waals surface area contributed by atoms with Crippen LogP contribution in [0.4, 0.5) is 11.4 Å². The van der Waals surface area contributed by atoms with Crippen LogP contribution in [0.15, 0.2) is 48.5 Å². The molecular weight excluding hydrogens is 452 g/mol. The fourth-order valence-electron chi connectivity index (χ4n) is 5.83. The highest BCUT2D eigenvalue weighted by Gasteiger charge is 2.41. The van der Waals surface area contributed by atoms with Crippen LogP contribution >= 0.6 is 0 Å². The van der Waals surface area contributed by atoms with E-state index in [1.165, 1.54) is 32.4 Å². The summed E-state index contributed by atoms with van der Waals surface area (Å²) in [6.07, 6.45) is 5.01. The van der Waals surface area contributed by atoms with Crippen molar-refractivity contribution in [1.29, 1.82) is 0 Å². The molecule has 2 unspecified atom stereocenters. The largest absolute Gasteiger partial charge is 0.494 e. The Morgan fingerprint density at radius 2 is 1.72 bits per heavy atom. The maximum absolute atomic E-state index is 13.5. The molecule has 2 saturated heterocycles. The van der Waals surface area contributed by atoms with Crippen molar-refractivity contribution in [3.8, 4) is 5.75 Å². The van der Waals surface area contributed by atoms with Gasteiger partial charge in [0.25, 0.3) is 0 Å². The molecule has 36 heavy (non-hydrogen) atoms. The highest BCUT2D eigenvalue weighted by molar-refractivity contribution is 5.99. The number of amides is 2. The fourth-order valence-corrected chi connectivity index (χ4v) is 5.83. The summed E-state index contributed by atoms with van der Waals surface area (Å²) in [6, 6.07) is 15.9. The minimum absolute atomic E-state index is 0.0422. The summed E-state index contributed by atoms with van der Waals surface area (Å²) in [6.45, 7) is 7.45. The highest BCUT2D eigenvalue weighted by Crippen LogP contribution is 2.41. The molecule has 2 atom stereocenters. The number of fused-ring (bicyclic) bond motifs is 1. The summed E-state index contributed by atoms with van der Waals surface area (Å²) in [5, 5.41) is 0. The lowest BCUT2D eigenvalue weighted by Gasteiger charge is -2.36. The Bertz CT molecular complexity index is 1070. The zero-order valence-electron chi connectivity index (χ0n) is 21.6. The molecule has 0 aliphatic carbocycles. The van der Waals surface area contributed by atoms with E-state index >= 15 is 0 Å². The van der Waals surface area contributed by atoms with E-state index in [0.29, 0.717) is 19.7 Å². The molecule has 2 aromatic rings. The van der Waals surface area contributed by atoms with E-state index in [2.05, 4.69) is 22.8 Å². The predicted molar refractivity (Wildman–Crippen MR) is 143 cm³/mol. The van der Waals surface area contributed by atoms with E-state index < -0.39 is 0 Å². The van der Waals surface area contributed by atoms with Gasteiger partial charge in [0.2, 0.25) is 11.8 Å². The first-order valence-electron chi connectivity index (χ1n) is 13.4. The van der Waals surface area contributed by atoms with E-state index in [-0.39, 0.29) is 30.3 Å². The molecule has 3 aliphatic heterocycles. The van der Waals surface area contributed by atoms with E-state index in [1.807, 2.05) is 49.5 Å². The zero-order chi connectivity index (χ0) is 25.1. The van der Waals surface area contributed by atoms with Crippen LogP contribution < -0.4 is 14.5 Å². The van der Waals surface area contributed by atoms with Crippen LogP contribution in [0.3, 0.4) is 0 Å². The number of ether oxygens (including phenoxy) is 1. The van der Waals surface area contributed by atoms with Crippen LogP contribution in [0.1, 0.15) is 44.1 Å². The number of piperidine rings is 1. The second-order valence-corrected chi connectivity index (χ2v) is 10.3. The lowest BCUT2D eigenvalue weighted by Crippen LogP contribution is -2.54. The van der Waals surface area contributed by atoms with Gasteiger partial charge in [-0.3, -0.25) is 9.59 Å². The van der Waals surface area contributed by atoms with Crippen LogP contribution in [-0.4, -0.2) is 80.6 Å². The van der Waals surface area contributed by atoms with Gasteiger partial charge in [-0.1, -0.05) is 24.6 Å². The van der Waals surface area contributed by atoms with E-state index in [0.717, 1.165) is 35.7 Å². The molecule has 3 heterocycles. The molecule has 0 saturated carbocycles. The first kappa shape index (κ1) is 24.6. The summed E-state index contributed by atoms with van der Waals surface area (Å²) < 4.78 is 5.93. The van der Waals surface area contributed by atoms with Crippen molar-refractivity contribution in [3.63, 3.8) is 0 Å². The molecule has 7 heteroatoms. The van der Waals surface area contributed by atoms with Gasteiger partial charge in [0.15, 0.2) is 0 Å². The number of hydrogen-bond acceptors (Lipinski definition) is 5. The monoisotopic (exact) mass is 490 g/mol. The van der Waals surface area contributed by atoms with Crippen molar-refractivity contribution in [2.75, 3.05) is 62.7 Å². The van der Waals surface area contributed by atoms with E-state index in [4.69, 9.17) is 4.74 Å². The van der Waals surface area contributed by atoms with Crippen molar-refractivity contribution in [2.24, 2.45) is 0 Å². The molecule has 192 valence electrons. The van der Waals surface area contributed by atoms with Gasteiger partial charge in [0.1, 0.15) is 12.3 Å². The summed E-state index contributed by atoms with van der Waals surface area (Å²) >= 11 is 0. The highest BCUT2D eigenvalue weighted by atomic mass is 16.5. The van der Waals surface area contributed by atoms with E-state index in [1.54, 1.807) is 9.80 Å². The van der Waals surface area contributed by atoms with Crippen molar-refractivity contribution >= 4 is 23.2 Å². The first-order chi connectivity index (χ1) is 17.5. The predicted octanol–water partition coefficient (Wildman–Crippen LogP) is 3.74. The molecule has 2 fully saturated rings. The number of nitrogens with zero attached hydrogens (tertiary/aromatic N) is 4. The molecule has 0 radical (unpaired) electrons. The quantitative estimate of drug-likeness (QED) is 0.554. The summed E-state index contributed by atoms with van der Waals surface area (Å²) in [5.41, 5.74) is 3.01. The zero-order valence-corrected chi connectivity index (χ0v) is 21.6. The Balaban J connectivity index is 1.13. The number of carbonyl (C=O) groups excluding carboxylic acids is 2. The third kappa shape index (κ3) is 5.07. The van der Waals surface area contributed by atoms with Gasteiger partial charge in [-0.25, -0.2) is 0 Å². The number of benzene rings is 2. The smallest absolute Gasteiger partial charge is 0.246 e. The third-order valence-electron chi connectivity index (χ3n) is 8.03. The summed E-state index contributed by atoms with van der Waals surface area (Å²) in [5.74, 6) is 0.589. The Morgan fingerprint density at radius 1 is 0.972 bits per heavy atom. The number of para-hydroxylation sites is 1. The van der Waals surface area contributed by atoms with Gasteiger partial charge in [-0.05, 0) is 75.2 Å². The third-order valence-corrected chi connectivity index (χ3v) is 8.03. The molecule has 5 rings (SSSR count). The molecule has 3 aliphatic rings. The number of rotatable bonds is 7. The fraction of sp³-hybridized carbons (Fsp3) is 0.517. The SMILES string of the molecule is CC1C(C(=O)N2CCN(c3ccc(OCCCN4CCCCC4)cc3)C(=O)C2)c2ccccc2N1C. The summed E-state index contributed by atoms with van der Waals surface area (Å²) in [7, 11) is 2.03. The molecule has 2 amide bonds. The molecule has 7 nitrogen and oxygen atoms in total. The molecule has 0 aromatic heterocycles. The van der Waals surface area contributed by atoms with Gasteiger partial charge in [0, 0.05) is 44.1 Å². The van der Waals surface area contributed by atoms with Crippen LogP contribution in [0.5, 0.6) is 5.75 Å². The Hall–Kier alpha value is -3.06. The van der Waals surface area contributed by atoms with Gasteiger partial charge in [0.05, 0.1) is 12.5 Å². The van der Waals surface area contributed by atoms with Crippen LogP contribution in [0.25, 0.3) is 0 Å². The Kier molecular flexibility index (Phi) is 7.46. The van der Waals surface area contributed by atoms with Crippen LogP contribution in [0, 0.1) is 0 Å². The lowest BCUT2D eigenvalue weighted by molar-refractivity contribution is -0.138. The summed E-state index contributed by atoms with van der Waals surface area (Å²) in [4.78, 5) is 34.7. The molecule has 0 bridgehead atoms. The maximum atomic E-state index is 13.5. The standard InChI is InChI=1S/C29H38N4O3/c1-22-28(25-9-4-5-10-26(25)30(22)2)29(35)32-18-19-33(27(34)21-32)23-11-13-24(14-12-23)36-20-8-17-31-15-6-3-7-16-31/h4-5,9-14,22,28H,3,6-8,15-21H2,1-2H3. The number of hydrogen-bond donors (Lipinski definition) is 0. The van der Waals surface area contributed by atoms with Crippen LogP contribution in [0.2, 0.25) is 0 Å². The Labute approximate surface area is 214 Å². The van der Waals surface area contributed by atoms with Crippen molar-refractivity contribution in [1.82, 2.24) is 9.80 Å². The second kappa shape index (κ2) is 10.9. The van der Waals surface area contributed by atoms with Crippen molar-refractivity contribution in [2.45, 2.75) is 44.6 Å². The second-order valence-electron chi connectivity index (χ2n) is 10.3.